The first kappa shape index (κ1) is 23.5. The monoisotopic (exact) mass is 446 g/mol. The summed E-state index contributed by atoms with van der Waals surface area (Å²) in [7, 11) is 3.33. The predicted molar refractivity (Wildman–Crippen MR) is 125 cm³/mol. The second-order valence-corrected chi connectivity index (χ2v) is 7.54. The van der Waals surface area contributed by atoms with E-state index in [-0.39, 0.29) is 12.5 Å². The molecule has 7 heteroatoms. The molecule has 0 radical (unpaired) electrons. The summed E-state index contributed by atoms with van der Waals surface area (Å²) >= 11 is 0. The van der Waals surface area contributed by atoms with Gasteiger partial charge >= 0.3 is 5.97 Å². The van der Waals surface area contributed by atoms with E-state index >= 15 is 0 Å². The molecule has 0 heterocycles. The highest BCUT2D eigenvalue weighted by Crippen LogP contribution is 2.21. The Labute approximate surface area is 192 Å². The van der Waals surface area contributed by atoms with Gasteiger partial charge in [0.05, 0.1) is 0 Å². The molecule has 0 bridgehead atoms. The Hall–Kier alpha value is -4.13. The van der Waals surface area contributed by atoms with Crippen LogP contribution in [-0.4, -0.2) is 50.0 Å². The van der Waals surface area contributed by atoms with Crippen molar-refractivity contribution in [1.29, 1.82) is 0 Å². The number of para-hydroxylation sites is 1. The van der Waals surface area contributed by atoms with E-state index < -0.39 is 18.5 Å². The van der Waals surface area contributed by atoms with E-state index in [0.717, 1.165) is 11.1 Å². The van der Waals surface area contributed by atoms with Gasteiger partial charge in [0.1, 0.15) is 5.75 Å². The van der Waals surface area contributed by atoms with Crippen molar-refractivity contribution in [3.8, 4) is 5.75 Å². The predicted octanol–water partition coefficient (Wildman–Crippen LogP) is 3.54. The smallest absolute Gasteiger partial charge is 0.344 e. The number of rotatable bonds is 9. The van der Waals surface area contributed by atoms with Gasteiger partial charge in [-0.15, -0.1) is 0 Å². The first-order valence-corrected chi connectivity index (χ1v) is 10.4. The Morgan fingerprint density at radius 3 is 2.18 bits per heavy atom. The van der Waals surface area contributed by atoms with Crippen molar-refractivity contribution in [1.82, 2.24) is 4.90 Å². The van der Waals surface area contributed by atoms with Crippen molar-refractivity contribution >= 4 is 23.5 Å². The fraction of sp³-hybridized carbons (Fsp3) is 0.192. The number of nitrogens with zero attached hydrogens (tertiary/aromatic N) is 1. The molecule has 0 saturated heterocycles. The number of hydrogen-bond donors (Lipinski definition) is 1. The minimum atomic E-state index is -0.647. The number of esters is 1. The molecule has 170 valence electrons. The van der Waals surface area contributed by atoms with Crippen molar-refractivity contribution in [2.24, 2.45) is 0 Å². The van der Waals surface area contributed by atoms with Crippen LogP contribution in [0.2, 0.25) is 0 Å². The molecule has 0 aliphatic heterocycles. The number of carbonyl (C=O) groups excluding carboxylic acids is 3. The summed E-state index contributed by atoms with van der Waals surface area (Å²) in [4.78, 5) is 37.5. The zero-order chi connectivity index (χ0) is 23.6. The first-order chi connectivity index (χ1) is 15.9. The molecule has 0 unspecified atom stereocenters. The van der Waals surface area contributed by atoms with E-state index in [1.165, 1.54) is 4.90 Å². The summed E-state index contributed by atoms with van der Waals surface area (Å²) in [6.07, 6.45) is 0.674. The lowest BCUT2D eigenvalue weighted by atomic mass is 10.0. The lowest BCUT2D eigenvalue weighted by Gasteiger charge is -2.12. The van der Waals surface area contributed by atoms with Gasteiger partial charge in [-0.3, -0.25) is 9.59 Å². The molecule has 1 N–H and O–H groups in total. The summed E-state index contributed by atoms with van der Waals surface area (Å²) in [5.41, 5.74) is 3.09. The molecule has 0 spiro atoms. The van der Waals surface area contributed by atoms with Crippen molar-refractivity contribution in [3.05, 3.63) is 95.6 Å². The van der Waals surface area contributed by atoms with Crippen molar-refractivity contribution in [2.45, 2.75) is 6.42 Å². The fourth-order valence-corrected chi connectivity index (χ4v) is 3.08. The number of benzene rings is 3. The molecule has 7 nitrogen and oxygen atoms in total. The molecule has 0 fully saturated rings. The van der Waals surface area contributed by atoms with Crippen LogP contribution >= 0.6 is 0 Å². The molecule has 0 atom stereocenters. The Morgan fingerprint density at radius 1 is 0.818 bits per heavy atom. The highest BCUT2D eigenvalue weighted by atomic mass is 16.6. The number of nitrogens with one attached hydrogen (secondary N) is 1. The van der Waals surface area contributed by atoms with Crippen LogP contribution in [0.25, 0.3) is 0 Å². The molecular weight excluding hydrogens is 420 g/mol. The molecule has 33 heavy (non-hydrogen) atoms. The van der Waals surface area contributed by atoms with Gasteiger partial charge in [-0.05, 0) is 41.5 Å². The molecule has 0 saturated carbocycles. The van der Waals surface area contributed by atoms with E-state index in [9.17, 15) is 14.4 Å². The maximum atomic E-state index is 12.1. The number of amides is 2. The third-order valence-electron chi connectivity index (χ3n) is 4.74. The van der Waals surface area contributed by atoms with Crippen molar-refractivity contribution in [3.63, 3.8) is 0 Å². The quantitative estimate of drug-likeness (QED) is 0.508. The number of hydrogen-bond acceptors (Lipinski definition) is 5. The normalized spacial score (nSPS) is 10.2. The van der Waals surface area contributed by atoms with Crippen molar-refractivity contribution in [2.75, 3.05) is 32.6 Å². The zero-order valence-electron chi connectivity index (χ0n) is 18.6. The van der Waals surface area contributed by atoms with Crippen LogP contribution in [-0.2, 0) is 20.7 Å². The second-order valence-electron chi connectivity index (χ2n) is 7.54. The largest absolute Gasteiger partial charge is 0.482 e. The molecule has 0 aromatic heterocycles. The molecular formula is C26H26N2O5. The molecule has 3 aromatic carbocycles. The highest BCUT2D eigenvalue weighted by Gasteiger charge is 2.12. The molecule has 3 rings (SSSR count). The van der Waals surface area contributed by atoms with Crippen molar-refractivity contribution < 1.29 is 23.9 Å². The summed E-state index contributed by atoms with van der Waals surface area (Å²) in [6, 6.07) is 23.9. The number of anilines is 1. The van der Waals surface area contributed by atoms with Gasteiger partial charge in [0.2, 0.25) is 0 Å². The zero-order valence-corrected chi connectivity index (χ0v) is 18.6. The van der Waals surface area contributed by atoms with Gasteiger partial charge in [0.15, 0.2) is 13.2 Å². The van der Waals surface area contributed by atoms with Gasteiger partial charge in [-0.1, -0.05) is 48.5 Å². The average molecular weight is 447 g/mol. The van der Waals surface area contributed by atoms with E-state index in [1.54, 1.807) is 44.4 Å². The third-order valence-corrected chi connectivity index (χ3v) is 4.74. The summed E-state index contributed by atoms with van der Waals surface area (Å²) < 4.78 is 10.6. The molecule has 0 aliphatic rings. The number of carbonyl (C=O) groups is 3. The second kappa shape index (κ2) is 11.5. The lowest BCUT2D eigenvalue weighted by Crippen LogP contribution is -2.24. The lowest BCUT2D eigenvalue weighted by molar-refractivity contribution is -0.149. The molecule has 0 aliphatic carbocycles. The van der Waals surface area contributed by atoms with Crippen LogP contribution in [0.1, 0.15) is 21.5 Å². The van der Waals surface area contributed by atoms with Gasteiger partial charge in [0, 0.05) is 31.8 Å². The highest BCUT2D eigenvalue weighted by molar-refractivity contribution is 5.96. The molecule has 3 aromatic rings. The van der Waals surface area contributed by atoms with E-state index in [0.29, 0.717) is 23.4 Å². The summed E-state index contributed by atoms with van der Waals surface area (Å²) in [6.45, 7) is -0.743. The van der Waals surface area contributed by atoms with Crippen LogP contribution in [0.4, 0.5) is 5.69 Å². The maximum Gasteiger partial charge on any atom is 0.344 e. The average Bonchev–Trinajstić information content (AvgIpc) is 2.83. The Bertz CT molecular complexity index is 1100. The van der Waals surface area contributed by atoms with Gasteiger partial charge in [-0.2, -0.15) is 0 Å². The van der Waals surface area contributed by atoms with Crippen LogP contribution in [0, 0.1) is 0 Å². The Balaban J connectivity index is 1.45. The Kier molecular flexibility index (Phi) is 8.18. The van der Waals surface area contributed by atoms with Gasteiger partial charge in [0.25, 0.3) is 11.8 Å². The summed E-state index contributed by atoms with van der Waals surface area (Å²) in [5, 5.41) is 2.62. The summed E-state index contributed by atoms with van der Waals surface area (Å²) in [5.74, 6) is -0.673. The molecule has 2 amide bonds. The third kappa shape index (κ3) is 7.21. The van der Waals surface area contributed by atoms with E-state index in [4.69, 9.17) is 9.47 Å². The van der Waals surface area contributed by atoms with Gasteiger partial charge < -0.3 is 19.7 Å². The van der Waals surface area contributed by atoms with Crippen LogP contribution < -0.4 is 10.1 Å². The fourth-order valence-electron chi connectivity index (χ4n) is 3.08. The van der Waals surface area contributed by atoms with E-state index in [1.807, 2.05) is 48.5 Å². The van der Waals surface area contributed by atoms with Crippen LogP contribution in [0.15, 0.2) is 78.9 Å². The number of ether oxygens (including phenoxy) is 2. The van der Waals surface area contributed by atoms with Gasteiger partial charge in [-0.25, -0.2) is 4.79 Å². The first-order valence-electron chi connectivity index (χ1n) is 10.4. The van der Waals surface area contributed by atoms with Crippen LogP contribution in [0.3, 0.4) is 0 Å². The minimum Gasteiger partial charge on any atom is -0.482 e. The Morgan fingerprint density at radius 2 is 1.48 bits per heavy atom. The minimum absolute atomic E-state index is 0.132. The SMILES string of the molecule is CN(C)C(=O)c1ccc(NC(=O)COC(=O)COc2ccccc2Cc2ccccc2)cc1. The maximum absolute atomic E-state index is 12.1. The van der Waals surface area contributed by atoms with Crippen LogP contribution in [0.5, 0.6) is 5.75 Å². The van der Waals surface area contributed by atoms with E-state index in [2.05, 4.69) is 5.32 Å². The topological polar surface area (TPSA) is 84.9 Å². The standard InChI is InChI=1S/C26H26N2O5/c1-28(2)26(31)20-12-14-22(15-13-20)27-24(29)17-33-25(30)18-32-23-11-7-6-10-21(23)16-19-8-4-3-5-9-19/h3-15H,16-18H2,1-2H3,(H,27,29).